The van der Waals surface area contributed by atoms with Crippen LogP contribution in [0.1, 0.15) is 18.5 Å². The van der Waals surface area contributed by atoms with Gasteiger partial charge in [-0.25, -0.2) is 0 Å². The molecule has 0 aromatic carbocycles. The molecule has 0 aliphatic carbocycles. The Morgan fingerprint density at radius 2 is 2.11 bits per heavy atom. The minimum absolute atomic E-state index is 0.145. The molecule has 1 unspecified atom stereocenters. The molecule has 1 fully saturated rings. The lowest BCUT2D eigenvalue weighted by Crippen LogP contribution is -2.51. The monoisotopic (exact) mass is 265 g/mol. The molecule has 6 heteroatoms. The molecule has 2 heterocycles. The topological polar surface area (TPSA) is 53.4 Å². The third-order valence-electron chi connectivity index (χ3n) is 3.72. The van der Waals surface area contributed by atoms with Crippen LogP contribution < -0.4 is 5.32 Å². The first-order valence-corrected chi connectivity index (χ1v) is 6.82. The molecule has 1 aromatic rings. The van der Waals surface area contributed by atoms with Crippen LogP contribution in [0.15, 0.2) is 12.4 Å². The van der Waals surface area contributed by atoms with Crippen LogP contribution in [0.5, 0.6) is 0 Å². The summed E-state index contributed by atoms with van der Waals surface area (Å²) in [5, 5.41) is 7.23. The summed E-state index contributed by atoms with van der Waals surface area (Å²) in [5.74, 6) is 0.145. The van der Waals surface area contributed by atoms with Crippen LogP contribution in [-0.4, -0.2) is 65.3 Å². The van der Waals surface area contributed by atoms with Crippen LogP contribution in [-0.2, 0) is 11.8 Å². The summed E-state index contributed by atoms with van der Waals surface area (Å²) in [6.07, 6.45) is 3.64. The van der Waals surface area contributed by atoms with E-state index in [-0.39, 0.29) is 11.9 Å². The average molecular weight is 265 g/mol. The number of carbonyl (C=O) groups is 1. The van der Waals surface area contributed by atoms with Crippen LogP contribution in [0.2, 0.25) is 0 Å². The summed E-state index contributed by atoms with van der Waals surface area (Å²) in [6.45, 7) is 6.76. The maximum Gasteiger partial charge on any atom is 0.244 e. The molecule has 1 atom stereocenters. The molecule has 1 aromatic heterocycles. The Balaban J connectivity index is 2.01. The van der Waals surface area contributed by atoms with Crippen molar-refractivity contribution >= 4 is 5.91 Å². The fourth-order valence-electron chi connectivity index (χ4n) is 2.49. The van der Waals surface area contributed by atoms with E-state index in [1.54, 1.807) is 10.9 Å². The molecule has 0 radical (unpaired) electrons. The van der Waals surface area contributed by atoms with Crippen LogP contribution in [0.25, 0.3) is 0 Å². The Bertz CT molecular complexity index is 422. The van der Waals surface area contributed by atoms with Crippen molar-refractivity contribution in [2.45, 2.75) is 13.0 Å². The largest absolute Gasteiger partial charge is 0.338 e. The van der Waals surface area contributed by atoms with Crippen molar-refractivity contribution in [2.24, 2.45) is 7.05 Å². The summed E-state index contributed by atoms with van der Waals surface area (Å²) >= 11 is 0. The Morgan fingerprint density at radius 3 is 2.58 bits per heavy atom. The van der Waals surface area contributed by atoms with Gasteiger partial charge in [-0.05, 0) is 13.6 Å². The Labute approximate surface area is 114 Å². The zero-order valence-corrected chi connectivity index (χ0v) is 12.0. The molecule has 106 valence electrons. The molecule has 6 nitrogen and oxygen atoms in total. The van der Waals surface area contributed by atoms with E-state index in [2.05, 4.69) is 22.2 Å². The number of aromatic nitrogens is 2. The van der Waals surface area contributed by atoms with Gasteiger partial charge in [0.1, 0.15) is 6.04 Å². The highest BCUT2D eigenvalue weighted by molar-refractivity contribution is 5.83. The third kappa shape index (κ3) is 3.13. The summed E-state index contributed by atoms with van der Waals surface area (Å²) in [7, 11) is 3.68. The molecule has 0 bridgehead atoms. The van der Waals surface area contributed by atoms with E-state index in [0.717, 1.165) is 38.3 Å². The number of aryl methyl sites for hydroxylation is 1. The molecular formula is C13H23N5O. The molecule has 1 amide bonds. The number of carbonyl (C=O) groups excluding carboxylic acids is 1. The molecular weight excluding hydrogens is 242 g/mol. The highest BCUT2D eigenvalue weighted by Crippen LogP contribution is 2.16. The van der Waals surface area contributed by atoms with E-state index < -0.39 is 0 Å². The standard InChI is InChI=1S/C13H23N5O/c1-4-17-5-7-18(8-6-17)13(19)12(14-2)11-9-15-16(3)10-11/h9-10,12,14H,4-8H2,1-3H3. The van der Waals surface area contributed by atoms with Crippen molar-refractivity contribution < 1.29 is 4.79 Å². The first kappa shape index (κ1) is 14.0. The number of nitrogens with zero attached hydrogens (tertiary/aromatic N) is 4. The van der Waals surface area contributed by atoms with Crippen LogP contribution in [0, 0.1) is 0 Å². The third-order valence-corrected chi connectivity index (χ3v) is 3.72. The fourth-order valence-corrected chi connectivity index (χ4v) is 2.49. The van der Waals surface area contributed by atoms with Gasteiger partial charge in [-0.3, -0.25) is 9.48 Å². The molecule has 1 saturated heterocycles. The highest BCUT2D eigenvalue weighted by Gasteiger charge is 2.27. The zero-order valence-electron chi connectivity index (χ0n) is 12.0. The number of amides is 1. The molecule has 0 saturated carbocycles. The van der Waals surface area contributed by atoms with Gasteiger partial charge >= 0.3 is 0 Å². The van der Waals surface area contributed by atoms with Crippen molar-refractivity contribution in [1.29, 1.82) is 0 Å². The smallest absolute Gasteiger partial charge is 0.244 e. The second-order valence-corrected chi connectivity index (χ2v) is 4.93. The number of rotatable bonds is 4. The Kier molecular flexibility index (Phi) is 4.55. The Morgan fingerprint density at radius 1 is 1.42 bits per heavy atom. The molecule has 1 N–H and O–H groups in total. The summed E-state index contributed by atoms with van der Waals surface area (Å²) < 4.78 is 1.72. The van der Waals surface area contributed by atoms with Gasteiger partial charge in [-0.15, -0.1) is 0 Å². The van der Waals surface area contributed by atoms with Crippen molar-refractivity contribution in [3.8, 4) is 0 Å². The van der Waals surface area contributed by atoms with Gasteiger partial charge in [0, 0.05) is 45.0 Å². The molecule has 0 spiro atoms. The van der Waals surface area contributed by atoms with Gasteiger partial charge in [0.15, 0.2) is 0 Å². The number of hydrogen-bond acceptors (Lipinski definition) is 4. The zero-order chi connectivity index (χ0) is 13.8. The first-order valence-electron chi connectivity index (χ1n) is 6.82. The van der Waals surface area contributed by atoms with Gasteiger partial charge in [0.2, 0.25) is 5.91 Å². The predicted octanol–water partition coefficient (Wildman–Crippen LogP) is -0.155. The van der Waals surface area contributed by atoms with Gasteiger partial charge in [-0.2, -0.15) is 5.10 Å². The highest BCUT2D eigenvalue weighted by atomic mass is 16.2. The maximum atomic E-state index is 12.5. The second kappa shape index (κ2) is 6.16. The van der Waals surface area contributed by atoms with Gasteiger partial charge in [0.25, 0.3) is 0 Å². The fraction of sp³-hybridized carbons (Fsp3) is 0.692. The SMILES string of the molecule is CCN1CCN(C(=O)C(NC)c2cnn(C)c2)CC1. The predicted molar refractivity (Wildman–Crippen MR) is 73.7 cm³/mol. The molecule has 1 aliphatic heterocycles. The van der Waals surface area contributed by atoms with E-state index in [4.69, 9.17) is 0 Å². The van der Waals surface area contributed by atoms with E-state index >= 15 is 0 Å². The lowest BCUT2D eigenvalue weighted by Gasteiger charge is -2.35. The molecule has 1 aliphatic rings. The molecule has 2 rings (SSSR count). The minimum Gasteiger partial charge on any atom is -0.338 e. The van der Waals surface area contributed by atoms with E-state index in [1.807, 2.05) is 25.2 Å². The van der Waals surface area contributed by atoms with Gasteiger partial charge in [0.05, 0.1) is 6.20 Å². The normalized spacial score (nSPS) is 18.6. The maximum absolute atomic E-state index is 12.5. The van der Waals surface area contributed by atoms with Crippen LogP contribution in [0.4, 0.5) is 0 Å². The van der Waals surface area contributed by atoms with Crippen molar-refractivity contribution in [3.05, 3.63) is 18.0 Å². The summed E-state index contributed by atoms with van der Waals surface area (Å²) in [5.41, 5.74) is 0.924. The van der Waals surface area contributed by atoms with Crippen molar-refractivity contribution in [1.82, 2.24) is 24.9 Å². The lowest BCUT2D eigenvalue weighted by atomic mass is 10.1. The number of hydrogen-bond donors (Lipinski definition) is 1. The quantitative estimate of drug-likeness (QED) is 0.822. The van der Waals surface area contributed by atoms with Crippen molar-refractivity contribution in [3.63, 3.8) is 0 Å². The lowest BCUT2D eigenvalue weighted by molar-refractivity contribution is -0.135. The van der Waals surface area contributed by atoms with Crippen LogP contribution >= 0.6 is 0 Å². The number of likely N-dealkylation sites (N-methyl/N-ethyl adjacent to an activating group) is 2. The minimum atomic E-state index is -0.290. The second-order valence-electron chi connectivity index (χ2n) is 4.93. The number of piperazine rings is 1. The first-order chi connectivity index (χ1) is 9.15. The molecule has 19 heavy (non-hydrogen) atoms. The van der Waals surface area contributed by atoms with E-state index in [1.165, 1.54) is 0 Å². The number of nitrogens with one attached hydrogen (secondary N) is 1. The van der Waals surface area contributed by atoms with Gasteiger partial charge in [-0.1, -0.05) is 6.92 Å². The summed E-state index contributed by atoms with van der Waals surface area (Å²) in [6, 6.07) is -0.290. The van der Waals surface area contributed by atoms with E-state index in [0.29, 0.717) is 0 Å². The van der Waals surface area contributed by atoms with Crippen LogP contribution in [0.3, 0.4) is 0 Å². The summed E-state index contributed by atoms with van der Waals surface area (Å²) in [4.78, 5) is 16.8. The van der Waals surface area contributed by atoms with E-state index in [9.17, 15) is 4.79 Å². The van der Waals surface area contributed by atoms with Gasteiger partial charge < -0.3 is 15.1 Å². The Hall–Kier alpha value is -1.40. The average Bonchev–Trinajstić information content (AvgIpc) is 2.86. The van der Waals surface area contributed by atoms with Crippen molar-refractivity contribution in [2.75, 3.05) is 39.8 Å².